The Morgan fingerprint density at radius 2 is 2.28 bits per heavy atom. The average molecular weight is 244 g/mol. The van der Waals surface area contributed by atoms with Gasteiger partial charge in [0.15, 0.2) is 0 Å². The van der Waals surface area contributed by atoms with Crippen LogP contribution in [0.25, 0.3) is 0 Å². The van der Waals surface area contributed by atoms with Crippen molar-refractivity contribution in [3.63, 3.8) is 0 Å². The number of nitrogens with zero attached hydrogens (tertiary/aromatic N) is 1. The van der Waals surface area contributed by atoms with E-state index in [9.17, 15) is 4.79 Å². The van der Waals surface area contributed by atoms with E-state index in [1.54, 1.807) is 6.92 Å². The summed E-state index contributed by atoms with van der Waals surface area (Å²) in [5.74, 6) is 0.150. The number of rotatable bonds is 4. The van der Waals surface area contributed by atoms with Crippen molar-refractivity contribution in [3.05, 3.63) is 29.3 Å². The van der Waals surface area contributed by atoms with Crippen molar-refractivity contribution < 1.29 is 4.79 Å². The van der Waals surface area contributed by atoms with Crippen LogP contribution in [-0.4, -0.2) is 25.0 Å². The van der Waals surface area contributed by atoms with Gasteiger partial charge in [0, 0.05) is 25.2 Å². The summed E-state index contributed by atoms with van der Waals surface area (Å²) in [5, 5.41) is 3.54. The Labute approximate surface area is 108 Å². The average Bonchev–Trinajstić information content (AvgIpc) is 3.07. The molecule has 1 saturated carbocycles. The molecule has 1 N–H and O–H groups in total. The molecule has 0 spiro atoms. The van der Waals surface area contributed by atoms with Crippen LogP contribution in [0, 0.1) is 0 Å². The first-order chi connectivity index (χ1) is 8.74. The number of hydrogen-bond acceptors (Lipinski definition) is 2. The highest BCUT2D eigenvalue weighted by atomic mass is 16.2. The van der Waals surface area contributed by atoms with E-state index < -0.39 is 0 Å². The first-order valence-corrected chi connectivity index (χ1v) is 6.87. The molecule has 0 unspecified atom stereocenters. The van der Waals surface area contributed by atoms with Crippen molar-refractivity contribution in [1.29, 1.82) is 0 Å². The number of carbonyl (C=O) groups excluding carboxylic acids is 1. The standard InChI is InChI=1S/C15H20N2O/c1-11(18)17-9-7-13-10-12(2-5-15(13)17)6-8-16-14-3-4-14/h2,5,10,14,16H,3-4,6-9H2,1H3. The molecule has 3 nitrogen and oxygen atoms in total. The summed E-state index contributed by atoms with van der Waals surface area (Å²) in [6.45, 7) is 3.55. The second kappa shape index (κ2) is 4.73. The first kappa shape index (κ1) is 11.7. The van der Waals surface area contributed by atoms with Gasteiger partial charge in [0.05, 0.1) is 0 Å². The summed E-state index contributed by atoms with van der Waals surface area (Å²) in [6, 6.07) is 7.32. The number of anilines is 1. The van der Waals surface area contributed by atoms with E-state index in [2.05, 4.69) is 23.5 Å². The van der Waals surface area contributed by atoms with Gasteiger partial charge < -0.3 is 10.2 Å². The maximum Gasteiger partial charge on any atom is 0.223 e. The molecule has 18 heavy (non-hydrogen) atoms. The van der Waals surface area contributed by atoms with Crippen LogP contribution in [-0.2, 0) is 17.6 Å². The monoisotopic (exact) mass is 244 g/mol. The fourth-order valence-electron chi connectivity index (χ4n) is 2.65. The minimum absolute atomic E-state index is 0.150. The van der Waals surface area contributed by atoms with E-state index in [1.807, 2.05) is 4.90 Å². The highest BCUT2D eigenvalue weighted by molar-refractivity contribution is 5.93. The number of hydrogen-bond donors (Lipinski definition) is 1. The molecule has 2 aliphatic rings. The van der Waals surface area contributed by atoms with Crippen molar-refractivity contribution in [2.75, 3.05) is 18.0 Å². The molecule has 1 aromatic rings. The van der Waals surface area contributed by atoms with E-state index >= 15 is 0 Å². The Morgan fingerprint density at radius 1 is 1.44 bits per heavy atom. The van der Waals surface area contributed by atoms with Crippen molar-refractivity contribution in [2.24, 2.45) is 0 Å². The molecule has 1 amide bonds. The van der Waals surface area contributed by atoms with Crippen LogP contribution >= 0.6 is 0 Å². The fourth-order valence-corrected chi connectivity index (χ4v) is 2.65. The number of nitrogens with one attached hydrogen (secondary N) is 1. The quantitative estimate of drug-likeness (QED) is 0.877. The molecule has 1 aliphatic heterocycles. The van der Waals surface area contributed by atoms with Crippen molar-refractivity contribution in [3.8, 4) is 0 Å². The highest BCUT2D eigenvalue weighted by Crippen LogP contribution is 2.29. The second-order valence-corrected chi connectivity index (χ2v) is 5.36. The van der Waals surface area contributed by atoms with Crippen LogP contribution in [0.3, 0.4) is 0 Å². The SMILES string of the molecule is CC(=O)N1CCc2cc(CCNC3CC3)ccc21. The zero-order valence-electron chi connectivity index (χ0n) is 10.9. The van der Waals surface area contributed by atoms with Gasteiger partial charge in [-0.25, -0.2) is 0 Å². The van der Waals surface area contributed by atoms with Crippen molar-refractivity contribution in [2.45, 2.75) is 38.6 Å². The summed E-state index contributed by atoms with van der Waals surface area (Å²) < 4.78 is 0. The molecule has 0 saturated heterocycles. The Balaban J connectivity index is 1.65. The van der Waals surface area contributed by atoms with Gasteiger partial charge in [-0.3, -0.25) is 4.79 Å². The van der Waals surface area contributed by atoms with E-state index in [4.69, 9.17) is 0 Å². The van der Waals surface area contributed by atoms with Crippen LogP contribution in [0.15, 0.2) is 18.2 Å². The van der Waals surface area contributed by atoms with E-state index in [0.29, 0.717) is 0 Å². The minimum Gasteiger partial charge on any atom is -0.314 e. The largest absolute Gasteiger partial charge is 0.314 e. The molecule has 1 fully saturated rings. The van der Waals surface area contributed by atoms with Gasteiger partial charge in [0.25, 0.3) is 0 Å². The van der Waals surface area contributed by atoms with Crippen molar-refractivity contribution in [1.82, 2.24) is 5.32 Å². The molecule has 0 radical (unpaired) electrons. The summed E-state index contributed by atoms with van der Waals surface area (Å²) >= 11 is 0. The molecule has 1 aromatic carbocycles. The predicted molar refractivity (Wildman–Crippen MR) is 72.9 cm³/mol. The number of amides is 1. The normalized spacial score (nSPS) is 17.9. The van der Waals surface area contributed by atoms with Crippen LogP contribution in [0.2, 0.25) is 0 Å². The lowest BCUT2D eigenvalue weighted by Gasteiger charge is -2.14. The molecule has 3 heteroatoms. The molecular formula is C15H20N2O. The summed E-state index contributed by atoms with van der Waals surface area (Å²) in [5.41, 5.74) is 3.82. The molecule has 0 bridgehead atoms. The van der Waals surface area contributed by atoms with Gasteiger partial charge in [-0.2, -0.15) is 0 Å². The van der Waals surface area contributed by atoms with Gasteiger partial charge in [-0.1, -0.05) is 12.1 Å². The molecule has 3 rings (SSSR count). The lowest BCUT2D eigenvalue weighted by molar-refractivity contribution is -0.116. The maximum absolute atomic E-state index is 11.5. The molecule has 0 atom stereocenters. The highest BCUT2D eigenvalue weighted by Gasteiger charge is 2.22. The zero-order valence-corrected chi connectivity index (χ0v) is 10.9. The van der Waals surface area contributed by atoms with Gasteiger partial charge in [0.1, 0.15) is 0 Å². The smallest absolute Gasteiger partial charge is 0.223 e. The Kier molecular flexibility index (Phi) is 3.08. The molecule has 1 aliphatic carbocycles. The summed E-state index contributed by atoms with van der Waals surface area (Å²) in [4.78, 5) is 13.3. The van der Waals surface area contributed by atoms with E-state index in [-0.39, 0.29) is 5.91 Å². The number of fused-ring (bicyclic) bond motifs is 1. The third-order valence-corrected chi connectivity index (χ3v) is 3.84. The van der Waals surface area contributed by atoms with Crippen LogP contribution in [0.1, 0.15) is 30.9 Å². The fraction of sp³-hybridized carbons (Fsp3) is 0.533. The Bertz CT molecular complexity index is 466. The first-order valence-electron chi connectivity index (χ1n) is 6.87. The predicted octanol–water partition coefficient (Wildman–Crippen LogP) is 1.89. The second-order valence-electron chi connectivity index (χ2n) is 5.36. The Morgan fingerprint density at radius 3 is 3.00 bits per heavy atom. The molecule has 1 heterocycles. The summed E-state index contributed by atoms with van der Waals surface area (Å²) in [7, 11) is 0. The molecular weight excluding hydrogens is 224 g/mol. The lowest BCUT2D eigenvalue weighted by Crippen LogP contribution is -2.25. The van der Waals surface area contributed by atoms with E-state index in [1.165, 1.54) is 24.0 Å². The van der Waals surface area contributed by atoms with Crippen LogP contribution < -0.4 is 10.2 Å². The molecule has 0 aromatic heterocycles. The van der Waals surface area contributed by atoms with E-state index in [0.717, 1.165) is 37.7 Å². The van der Waals surface area contributed by atoms with Gasteiger partial charge in [0.2, 0.25) is 5.91 Å². The summed E-state index contributed by atoms with van der Waals surface area (Å²) in [6.07, 6.45) is 4.78. The number of benzene rings is 1. The van der Waals surface area contributed by atoms with Gasteiger partial charge in [-0.15, -0.1) is 0 Å². The molecule has 96 valence electrons. The Hall–Kier alpha value is -1.35. The lowest BCUT2D eigenvalue weighted by atomic mass is 10.1. The maximum atomic E-state index is 11.5. The third-order valence-electron chi connectivity index (χ3n) is 3.84. The zero-order chi connectivity index (χ0) is 12.5. The van der Waals surface area contributed by atoms with Crippen molar-refractivity contribution >= 4 is 11.6 Å². The van der Waals surface area contributed by atoms with Crippen LogP contribution in [0.5, 0.6) is 0 Å². The number of carbonyl (C=O) groups is 1. The van der Waals surface area contributed by atoms with Gasteiger partial charge in [-0.05, 0) is 49.4 Å². The minimum atomic E-state index is 0.150. The third kappa shape index (κ3) is 2.41. The van der Waals surface area contributed by atoms with Crippen LogP contribution in [0.4, 0.5) is 5.69 Å². The topological polar surface area (TPSA) is 32.3 Å². The van der Waals surface area contributed by atoms with Gasteiger partial charge >= 0.3 is 0 Å².